The Labute approximate surface area is 157 Å². The van der Waals surface area contributed by atoms with E-state index >= 15 is 0 Å². The maximum Gasteiger partial charge on any atom is 0.261 e. The van der Waals surface area contributed by atoms with Gasteiger partial charge in [0.25, 0.3) is 5.91 Å². The SMILES string of the molecule is COc1cccc(OC)c1C(=O)N1CCC2(CC(=O)c3ccccc3O2)C1. The number of likely N-dealkylation sites (tertiary alicyclic amines) is 1. The number of fused-ring (bicyclic) bond motifs is 1. The van der Waals surface area contributed by atoms with E-state index in [1.807, 2.05) is 18.2 Å². The van der Waals surface area contributed by atoms with Crippen LogP contribution in [-0.2, 0) is 0 Å². The third-order valence-corrected chi connectivity index (χ3v) is 5.24. The Morgan fingerprint density at radius 3 is 2.48 bits per heavy atom. The molecule has 6 heteroatoms. The van der Waals surface area contributed by atoms with Crippen LogP contribution in [0.5, 0.6) is 17.2 Å². The van der Waals surface area contributed by atoms with Crippen molar-refractivity contribution in [3.63, 3.8) is 0 Å². The van der Waals surface area contributed by atoms with Gasteiger partial charge >= 0.3 is 0 Å². The molecule has 140 valence electrons. The van der Waals surface area contributed by atoms with Crippen LogP contribution in [0.3, 0.4) is 0 Å². The molecule has 27 heavy (non-hydrogen) atoms. The summed E-state index contributed by atoms with van der Waals surface area (Å²) in [6.45, 7) is 0.864. The number of rotatable bonds is 3. The molecule has 1 saturated heterocycles. The fourth-order valence-electron chi connectivity index (χ4n) is 3.91. The van der Waals surface area contributed by atoms with Gasteiger partial charge in [-0.25, -0.2) is 0 Å². The topological polar surface area (TPSA) is 65.1 Å². The summed E-state index contributed by atoms with van der Waals surface area (Å²) in [5.41, 5.74) is 0.331. The Kier molecular flexibility index (Phi) is 4.26. The van der Waals surface area contributed by atoms with Crippen LogP contribution in [0.1, 0.15) is 33.6 Å². The lowest BCUT2D eigenvalue weighted by atomic mass is 9.89. The highest BCUT2D eigenvalue weighted by molar-refractivity contribution is 6.01. The van der Waals surface area contributed by atoms with Gasteiger partial charge in [0.15, 0.2) is 5.78 Å². The molecule has 1 fully saturated rings. The highest BCUT2D eigenvalue weighted by atomic mass is 16.5. The number of ketones is 1. The average molecular weight is 367 g/mol. The molecular formula is C21H21NO5. The van der Waals surface area contributed by atoms with Crippen LogP contribution in [0.2, 0.25) is 0 Å². The number of hydrogen-bond acceptors (Lipinski definition) is 5. The molecular weight excluding hydrogens is 346 g/mol. The van der Waals surface area contributed by atoms with Gasteiger partial charge in [0.1, 0.15) is 28.4 Å². The summed E-state index contributed by atoms with van der Waals surface area (Å²) in [5, 5.41) is 0. The summed E-state index contributed by atoms with van der Waals surface area (Å²) in [5.74, 6) is 1.40. The number of ether oxygens (including phenoxy) is 3. The number of para-hydroxylation sites is 1. The van der Waals surface area contributed by atoms with Crippen LogP contribution in [0.4, 0.5) is 0 Å². The second-order valence-electron chi connectivity index (χ2n) is 6.90. The lowest BCUT2D eigenvalue weighted by molar-refractivity contribution is 0.0427. The maximum absolute atomic E-state index is 13.2. The van der Waals surface area contributed by atoms with E-state index in [1.54, 1.807) is 29.2 Å². The van der Waals surface area contributed by atoms with Gasteiger partial charge in [0.05, 0.1) is 32.7 Å². The predicted molar refractivity (Wildman–Crippen MR) is 98.8 cm³/mol. The number of Topliss-reactive ketones (excluding diaryl/α,β-unsaturated/α-hetero) is 1. The van der Waals surface area contributed by atoms with Crippen molar-refractivity contribution in [1.29, 1.82) is 0 Å². The van der Waals surface area contributed by atoms with Crippen LogP contribution in [0.15, 0.2) is 42.5 Å². The van der Waals surface area contributed by atoms with Crippen LogP contribution in [0, 0.1) is 0 Å². The Balaban J connectivity index is 1.61. The first kappa shape index (κ1) is 17.4. The number of nitrogens with zero attached hydrogens (tertiary/aromatic N) is 1. The van der Waals surface area contributed by atoms with Crippen molar-refractivity contribution in [2.24, 2.45) is 0 Å². The van der Waals surface area contributed by atoms with E-state index in [0.717, 1.165) is 0 Å². The molecule has 1 amide bonds. The molecule has 4 rings (SSSR count). The standard InChI is InChI=1S/C21H21NO5/c1-25-17-8-5-9-18(26-2)19(17)20(24)22-11-10-21(13-22)12-15(23)14-6-3-4-7-16(14)27-21/h3-9H,10-13H2,1-2H3. The van der Waals surface area contributed by atoms with Crippen LogP contribution in [0.25, 0.3) is 0 Å². The van der Waals surface area contributed by atoms with E-state index in [2.05, 4.69) is 0 Å². The van der Waals surface area contributed by atoms with Crippen molar-refractivity contribution in [3.05, 3.63) is 53.6 Å². The molecule has 1 atom stereocenters. The number of amides is 1. The molecule has 0 aliphatic carbocycles. The zero-order chi connectivity index (χ0) is 19.0. The first-order chi connectivity index (χ1) is 13.1. The molecule has 1 spiro atoms. The third kappa shape index (κ3) is 2.91. The van der Waals surface area contributed by atoms with Gasteiger partial charge < -0.3 is 19.1 Å². The van der Waals surface area contributed by atoms with Crippen molar-refractivity contribution >= 4 is 11.7 Å². The molecule has 0 aromatic heterocycles. The molecule has 2 heterocycles. The molecule has 1 unspecified atom stereocenters. The number of benzene rings is 2. The molecule has 0 saturated carbocycles. The van der Waals surface area contributed by atoms with Crippen molar-refractivity contribution in [2.75, 3.05) is 27.3 Å². The van der Waals surface area contributed by atoms with Gasteiger partial charge in [-0.05, 0) is 24.3 Å². The Morgan fingerprint density at radius 2 is 1.78 bits per heavy atom. The van der Waals surface area contributed by atoms with Crippen molar-refractivity contribution in [1.82, 2.24) is 4.90 Å². The largest absolute Gasteiger partial charge is 0.496 e. The summed E-state index contributed by atoms with van der Waals surface area (Å²) < 4.78 is 16.9. The van der Waals surface area contributed by atoms with Gasteiger partial charge in [-0.3, -0.25) is 9.59 Å². The van der Waals surface area contributed by atoms with Gasteiger partial charge in [-0.2, -0.15) is 0 Å². The van der Waals surface area contributed by atoms with E-state index < -0.39 is 5.60 Å². The van der Waals surface area contributed by atoms with Gasteiger partial charge in [-0.15, -0.1) is 0 Å². The summed E-state index contributed by atoms with van der Waals surface area (Å²) in [6, 6.07) is 12.5. The smallest absolute Gasteiger partial charge is 0.261 e. The lowest BCUT2D eigenvalue weighted by Crippen LogP contribution is -2.45. The van der Waals surface area contributed by atoms with E-state index in [1.165, 1.54) is 14.2 Å². The van der Waals surface area contributed by atoms with Crippen molar-refractivity contribution < 1.29 is 23.8 Å². The Hall–Kier alpha value is -3.02. The second kappa shape index (κ2) is 6.61. The quantitative estimate of drug-likeness (QED) is 0.835. The number of carbonyl (C=O) groups excluding carboxylic acids is 2. The molecule has 2 aromatic carbocycles. The van der Waals surface area contributed by atoms with E-state index in [4.69, 9.17) is 14.2 Å². The van der Waals surface area contributed by atoms with Crippen LogP contribution >= 0.6 is 0 Å². The normalized spacial score (nSPS) is 21.0. The third-order valence-electron chi connectivity index (χ3n) is 5.24. The number of methoxy groups -OCH3 is 2. The fraction of sp³-hybridized carbons (Fsp3) is 0.333. The summed E-state index contributed by atoms with van der Waals surface area (Å²) in [6.07, 6.45) is 0.882. The summed E-state index contributed by atoms with van der Waals surface area (Å²) >= 11 is 0. The molecule has 0 N–H and O–H groups in total. The number of carbonyl (C=O) groups is 2. The highest BCUT2D eigenvalue weighted by Crippen LogP contribution is 2.40. The fourth-order valence-corrected chi connectivity index (χ4v) is 3.91. The minimum Gasteiger partial charge on any atom is -0.496 e. The molecule has 6 nitrogen and oxygen atoms in total. The van der Waals surface area contributed by atoms with Crippen molar-refractivity contribution in [3.8, 4) is 17.2 Å². The molecule has 0 bridgehead atoms. The molecule has 0 radical (unpaired) electrons. The minimum atomic E-state index is -0.670. The zero-order valence-corrected chi connectivity index (χ0v) is 15.4. The van der Waals surface area contributed by atoms with Crippen molar-refractivity contribution in [2.45, 2.75) is 18.4 Å². The predicted octanol–water partition coefficient (Wildman–Crippen LogP) is 2.95. The summed E-state index contributed by atoms with van der Waals surface area (Å²) in [4.78, 5) is 27.5. The first-order valence-corrected chi connectivity index (χ1v) is 8.88. The maximum atomic E-state index is 13.2. The Morgan fingerprint density at radius 1 is 1.07 bits per heavy atom. The highest BCUT2D eigenvalue weighted by Gasteiger charge is 2.47. The van der Waals surface area contributed by atoms with Crippen LogP contribution < -0.4 is 14.2 Å². The van der Waals surface area contributed by atoms with E-state index in [-0.39, 0.29) is 18.1 Å². The first-order valence-electron chi connectivity index (χ1n) is 8.88. The number of hydrogen-bond donors (Lipinski definition) is 0. The minimum absolute atomic E-state index is 0.0565. The van der Waals surface area contributed by atoms with Gasteiger partial charge in [0, 0.05) is 13.0 Å². The average Bonchev–Trinajstić information content (AvgIpc) is 3.09. The van der Waals surface area contributed by atoms with Gasteiger partial charge in [0.2, 0.25) is 0 Å². The summed E-state index contributed by atoms with van der Waals surface area (Å²) in [7, 11) is 3.05. The molecule has 2 aliphatic rings. The van der Waals surface area contributed by atoms with E-state index in [0.29, 0.717) is 47.9 Å². The van der Waals surface area contributed by atoms with E-state index in [9.17, 15) is 9.59 Å². The van der Waals surface area contributed by atoms with Gasteiger partial charge in [-0.1, -0.05) is 18.2 Å². The monoisotopic (exact) mass is 367 g/mol. The second-order valence-corrected chi connectivity index (χ2v) is 6.90. The molecule has 2 aliphatic heterocycles. The van der Waals surface area contributed by atoms with Crippen LogP contribution in [-0.4, -0.2) is 49.5 Å². The zero-order valence-electron chi connectivity index (χ0n) is 15.4. The molecule has 2 aromatic rings. The lowest BCUT2D eigenvalue weighted by Gasteiger charge is -2.34. The Bertz CT molecular complexity index is 887.